The molecule has 9 nitrogen and oxygen atoms in total. The average molecular weight is 501 g/mol. The second-order valence-electron chi connectivity index (χ2n) is 8.58. The summed E-state index contributed by atoms with van der Waals surface area (Å²) in [4.78, 5) is 37.2. The fourth-order valence-corrected chi connectivity index (χ4v) is 5.47. The van der Waals surface area contributed by atoms with E-state index >= 15 is 0 Å². The van der Waals surface area contributed by atoms with Crippen LogP contribution in [0.15, 0.2) is 45.6 Å². The summed E-state index contributed by atoms with van der Waals surface area (Å²) in [5, 5.41) is 2.67. The molecule has 0 N–H and O–H groups in total. The number of benzene rings is 1. The summed E-state index contributed by atoms with van der Waals surface area (Å²) in [6, 6.07) is 4.92. The summed E-state index contributed by atoms with van der Waals surface area (Å²) < 4.78 is 16.6. The number of amides is 1. The molecule has 1 amide bonds. The van der Waals surface area contributed by atoms with Gasteiger partial charge in [0.05, 0.1) is 44.6 Å². The normalized spacial score (nSPS) is 20.3. The van der Waals surface area contributed by atoms with Gasteiger partial charge in [0, 0.05) is 37.4 Å². The zero-order valence-electron chi connectivity index (χ0n) is 20.9. The zero-order valence-corrected chi connectivity index (χ0v) is 21.7. The van der Waals surface area contributed by atoms with Gasteiger partial charge in [-0.25, -0.2) is 9.79 Å². The first kappa shape index (κ1) is 25.1. The molecule has 0 aliphatic carbocycles. The van der Waals surface area contributed by atoms with Gasteiger partial charge in [-0.1, -0.05) is 11.8 Å². The SMILES string of the molecule is CCOC(=O)C1=C(C)N=C2SC=C(CC(=O)N3CCN(C)CC3)N2C1c1cc(OC)ccc1OC. The number of hydrogen-bond donors (Lipinski definition) is 0. The third kappa shape index (κ3) is 5.04. The summed E-state index contributed by atoms with van der Waals surface area (Å²) >= 11 is 1.45. The van der Waals surface area contributed by atoms with E-state index in [2.05, 4.69) is 11.9 Å². The lowest BCUT2D eigenvalue weighted by atomic mass is 9.92. The maximum Gasteiger partial charge on any atom is 0.338 e. The van der Waals surface area contributed by atoms with Gasteiger partial charge < -0.3 is 28.9 Å². The van der Waals surface area contributed by atoms with Crippen LogP contribution < -0.4 is 9.47 Å². The van der Waals surface area contributed by atoms with Crippen molar-refractivity contribution in [2.75, 3.05) is 54.1 Å². The molecule has 0 bridgehead atoms. The van der Waals surface area contributed by atoms with Crippen LogP contribution in [0.5, 0.6) is 11.5 Å². The number of ether oxygens (including phenoxy) is 3. The predicted molar refractivity (Wildman–Crippen MR) is 135 cm³/mol. The van der Waals surface area contributed by atoms with Gasteiger partial charge in [-0.3, -0.25) is 4.79 Å². The monoisotopic (exact) mass is 500 g/mol. The van der Waals surface area contributed by atoms with Crippen molar-refractivity contribution in [1.82, 2.24) is 14.7 Å². The minimum atomic E-state index is -0.576. The molecule has 1 unspecified atom stereocenters. The highest BCUT2D eigenvalue weighted by Gasteiger charge is 2.42. The lowest BCUT2D eigenvalue weighted by Gasteiger charge is -2.38. The Morgan fingerprint density at radius 2 is 1.89 bits per heavy atom. The Kier molecular flexibility index (Phi) is 7.71. The summed E-state index contributed by atoms with van der Waals surface area (Å²) in [6.45, 7) is 6.95. The Morgan fingerprint density at radius 1 is 1.14 bits per heavy atom. The Morgan fingerprint density at radius 3 is 2.54 bits per heavy atom. The molecule has 35 heavy (non-hydrogen) atoms. The molecule has 0 spiro atoms. The number of fused-ring (bicyclic) bond motifs is 1. The Hall–Kier alpha value is -2.98. The van der Waals surface area contributed by atoms with E-state index in [1.165, 1.54) is 11.8 Å². The molecule has 1 aromatic carbocycles. The number of carbonyl (C=O) groups excluding carboxylic acids is 2. The van der Waals surface area contributed by atoms with Crippen LogP contribution >= 0.6 is 11.8 Å². The van der Waals surface area contributed by atoms with Crippen molar-refractivity contribution in [2.24, 2.45) is 4.99 Å². The highest BCUT2D eigenvalue weighted by atomic mass is 32.2. The fourth-order valence-electron chi connectivity index (χ4n) is 4.51. The smallest absolute Gasteiger partial charge is 0.338 e. The number of nitrogens with zero attached hydrogens (tertiary/aromatic N) is 4. The number of methoxy groups -OCH3 is 2. The predicted octanol–water partition coefficient (Wildman–Crippen LogP) is 3.01. The van der Waals surface area contributed by atoms with E-state index in [0.717, 1.165) is 24.4 Å². The Balaban J connectivity index is 1.74. The number of esters is 1. The lowest BCUT2D eigenvalue weighted by Crippen LogP contribution is -2.47. The van der Waals surface area contributed by atoms with Crippen molar-refractivity contribution in [3.05, 3.63) is 46.1 Å². The first-order valence-electron chi connectivity index (χ1n) is 11.7. The maximum absolute atomic E-state index is 13.2. The van der Waals surface area contributed by atoms with E-state index in [9.17, 15) is 9.59 Å². The van der Waals surface area contributed by atoms with E-state index in [1.807, 2.05) is 40.3 Å². The van der Waals surface area contributed by atoms with Crippen molar-refractivity contribution in [1.29, 1.82) is 0 Å². The van der Waals surface area contributed by atoms with Crippen LogP contribution in [-0.2, 0) is 14.3 Å². The van der Waals surface area contributed by atoms with E-state index in [0.29, 0.717) is 41.0 Å². The molecule has 1 saturated heterocycles. The van der Waals surface area contributed by atoms with Crippen molar-refractivity contribution < 1.29 is 23.8 Å². The Labute approximate surface area is 210 Å². The molecule has 1 aromatic rings. The van der Waals surface area contributed by atoms with Crippen molar-refractivity contribution in [2.45, 2.75) is 26.3 Å². The van der Waals surface area contributed by atoms with Crippen molar-refractivity contribution in [3.63, 3.8) is 0 Å². The van der Waals surface area contributed by atoms with Crippen LogP contribution in [0.3, 0.4) is 0 Å². The number of allylic oxidation sites excluding steroid dienone is 1. The van der Waals surface area contributed by atoms with Gasteiger partial charge in [0.2, 0.25) is 5.91 Å². The molecule has 3 aliphatic heterocycles. The van der Waals surface area contributed by atoms with Gasteiger partial charge in [0.1, 0.15) is 11.5 Å². The minimum Gasteiger partial charge on any atom is -0.497 e. The number of thioether (sulfide) groups is 1. The van der Waals surface area contributed by atoms with Crippen LogP contribution in [0.2, 0.25) is 0 Å². The minimum absolute atomic E-state index is 0.0616. The first-order chi connectivity index (χ1) is 16.9. The van der Waals surface area contributed by atoms with Gasteiger partial charge in [0.25, 0.3) is 0 Å². The second kappa shape index (κ2) is 10.7. The van der Waals surface area contributed by atoms with Crippen LogP contribution in [-0.4, -0.2) is 85.8 Å². The number of hydrogen-bond acceptors (Lipinski definition) is 9. The van der Waals surface area contributed by atoms with Crippen LogP contribution in [0.25, 0.3) is 0 Å². The summed E-state index contributed by atoms with van der Waals surface area (Å²) in [5.74, 6) is 0.862. The van der Waals surface area contributed by atoms with E-state index < -0.39 is 12.0 Å². The summed E-state index contributed by atoms with van der Waals surface area (Å²) in [5.41, 5.74) is 2.53. The average Bonchev–Trinajstić information content (AvgIpc) is 3.24. The topological polar surface area (TPSA) is 83.9 Å². The van der Waals surface area contributed by atoms with Gasteiger partial charge in [-0.05, 0) is 44.5 Å². The fraction of sp³-hybridized carbons (Fsp3) is 0.480. The molecule has 10 heteroatoms. The maximum atomic E-state index is 13.2. The number of carbonyl (C=O) groups is 2. The first-order valence-corrected chi connectivity index (χ1v) is 12.6. The van der Waals surface area contributed by atoms with Crippen molar-refractivity contribution >= 4 is 28.8 Å². The van der Waals surface area contributed by atoms with Crippen LogP contribution in [0, 0.1) is 0 Å². The number of rotatable bonds is 7. The molecule has 0 aromatic heterocycles. The molecule has 188 valence electrons. The largest absolute Gasteiger partial charge is 0.497 e. The standard InChI is InChI=1S/C25H32N4O5S/c1-6-34-24(31)22-16(2)26-25-29(23(22)19-14-18(32-4)7-8-20(19)33-5)17(15-35-25)13-21(30)28-11-9-27(3)10-12-28/h7-8,14-15,23H,6,9-13H2,1-5H3. The highest BCUT2D eigenvalue weighted by molar-refractivity contribution is 8.16. The summed E-state index contributed by atoms with van der Waals surface area (Å²) in [6.07, 6.45) is 0.216. The molecule has 4 rings (SSSR count). The third-order valence-corrected chi connectivity index (χ3v) is 7.30. The molecule has 1 atom stereocenters. The van der Waals surface area contributed by atoms with E-state index in [4.69, 9.17) is 19.2 Å². The highest BCUT2D eigenvalue weighted by Crippen LogP contribution is 2.47. The third-order valence-electron chi connectivity index (χ3n) is 6.42. The van der Waals surface area contributed by atoms with Crippen LogP contribution in [0.1, 0.15) is 31.9 Å². The molecule has 0 saturated carbocycles. The van der Waals surface area contributed by atoms with E-state index in [-0.39, 0.29) is 18.9 Å². The molecule has 1 fully saturated rings. The molecular formula is C25H32N4O5S. The van der Waals surface area contributed by atoms with Gasteiger partial charge in [-0.2, -0.15) is 0 Å². The van der Waals surface area contributed by atoms with Gasteiger partial charge >= 0.3 is 5.97 Å². The molecule has 3 heterocycles. The number of piperazine rings is 1. The molecular weight excluding hydrogens is 468 g/mol. The quantitative estimate of drug-likeness (QED) is 0.529. The second-order valence-corrected chi connectivity index (χ2v) is 9.42. The van der Waals surface area contributed by atoms with E-state index in [1.54, 1.807) is 21.1 Å². The molecule has 3 aliphatic rings. The number of aliphatic imine (C=N–C) groups is 1. The number of amidine groups is 1. The lowest BCUT2D eigenvalue weighted by molar-refractivity contribution is -0.139. The summed E-state index contributed by atoms with van der Waals surface area (Å²) in [7, 11) is 5.25. The Bertz CT molecular complexity index is 1090. The van der Waals surface area contributed by atoms with Gasteiger partial charge in [0.15, 0.2) is 5.17 Å². The number of likely N-dealkylation sites (N-methyl/N-ethyl adjacent to an activating group) is 1. The van der Waals surface area contributed by atoms with Crippen molar-refractivity contribution in [3.8, 4) is 11.5 Å². The zero-order chi connectivity index (χ0) is 25.1. The molecule has 0 radical (unpaired) electrons. The van der Waals surface area contributed by atoms with Crippen LogP contribution in [0.4, 0.5) is 0 Å². The van der Waals surface area contributed by atoms with Gasteiger partial charge in [-0.15, -0.1) is 0 Å².